The first-order valence-corrected chi connectivity index (χ1v) is 8.52. The molecule has 2 rings (SSSR count). The van der Waals surface area contributed by atoms with Crippen molar-refractivity contribution in [1.82, 2.24) is 10.2 Å². The van der Waals surface area contributed by atoms with Crippen LogP contribution in [0.4, 0.5) is 0 Å². The van der Waals surface area contributed by atoms with Gasteiger partial charge in [0.05, 0.1) is 13.3 Å². The summed E-state index contributed by atoms with van der Waals surface area (Å²) in [7, 11) is 1.58. The molecule has 1 heterocycles. The molecule has 1 unspecified atom stereocenters. The van der Waals surface area contributed by atoms with E-state index in [1.165, 1.54) is 11.3 Å². The van der Waals surface area contributed by atoms with Crippen molar-refractivity contribution >= 4 is 38.9 Å². The Bertz CT molecular complexity index is 667. The van der Waals surface area contributed by atoms with Crippen LogP contribution in [-0.4, -0.2) is 37.2 Å². The summed E-state index contributed by atoms with van der Waals surface area (Å²) in [6, 6.07) is 5.56. The van der Waals surface area contributed by atoms with E-state index in [1.54, 1.807) is 7.11 Å². The third kappa shape index (κ3) is 3.37. The second-order valence-corrected chi connectivity index (χ2v) is 6.46. The molecule has 0 radical (unpaired) electrons. The topological polar surface area (TPSA) is 41.6 Å². The third-order valence-corrected chi connectivity index (χ3v) is 5.10. The fraction of sp³-hybridized carbons (Fsp3) is 0.438. The fourth-order valence-electron chi connectivity index (χ4n) is 2.52. The molecule has 1 atom stereocenters. The van der Waals surface area contributed by atoms with Gasteiger partial charge in [-0.1, -0.05) is 25.4 Å². The van der Waals surface area contributed by atoms with Gasteiger partial charge in [-0.3, -0.25) is 9.69 Å². The predicted molar refractivity (Wildman–Crippen MR) is 93.2 cm³/mol. The zero-order valence-electron chi connectivity index (χ0n) is 13.3. The van der Waals surface area contributed by atoms with E-state index in [0.29, 0.717) is 15.6 Å². The number of thiophene rings is 1. The number of hydrogen-bond donors (Lipinski definition) is 1. The van der Waals surface area contributed by atoms with Gasteiger partial charge >= 0.3 is 0 Å². The Kier molecular flexibility index (Phi) is 5.67. The lowest BCUT2D eigenvalue weighted by molar-refractivity contribution is 0.0876. The first kappa shape index (κ1) is 17.1. The van der Waals surface area contributed by atoms with Crippen molar-refractivity contribution in [2.24, 2.45) is 0 Å². The Hall–Kier alpha value is -1.30. The summed E-state index contributed by atoms with van der Waals surface area (Å²) in [5.41, 5.74) is 0. The van der Waals surface area contributed by atoms with Crippen LogP contribution in [-0.2, 0) is 0 Å². The number of carbonyl (C=O) groups is 1. The molecule has 0 bridgehead atoms. The van der Waals surface area contributed by atoms with Gasteiger partial charge in [-0.15, -0.1) is 11.3 Å². The number of fused-ring (bicyclic) bond motifs is 1. The average Bonchev–Trinajstić information content (AvgIpc) is 2.86. The lowest BCUT2D eigenvalue weighted by Crippen LogP contribution is -2.45. The van der Waals surface area contributed by atoms with Crippen LogP contribution in [0.15, 0.2) is 18.2 Å². The summed E-state index contributed by atoms with van der Waals surface area (Å²) in [6.07, 6.45) is -0.0268. The molecule has 1 amide bonds. The lowest BCUT2D eigenvalue weighted by Gasteiger charge is -2.26. The number of amides is 1. The standard InChI is InChI=1S/C16H21ClN2O2S/c1-5-19(6-2)10(3)18-16(20)15-14(21-4)12-9-11(17)7-8-13(12)22-15/h7-10H,5-6H2,1-4H3,(H,18,20). The van der Waals surface area contributed by atoms with Crippen molar-refractivity contribution in [2.75, 3.05) is 20.2 Å². The fourth-order valence-corrected chi connectivity index (χ4v) is 3.74. The highest BCUT2D eigenvalue weighted by molar-refractivity contribution is 7.21. The van der Waals surface area contributed by atoms with E-state index in [2.05, 4.69) is 24.1 Å². The Labute approximate surface area is 140 Å². The largest absolute Gasteiger partial charge is 0.494 e. The monoisotopic (exact) mass is 340 g/mol. The molecule has 1 aromatic carbocycles. The molecule has 0 spiro atoms. The second kappa shape index (κ2) is 7.31. The molecule has 1 aromatic heterocycles. The number of nitrogens with zero attached hydrogens (tertiary/aromatic N) is 1. The van der Waals surface area contributed by atoms with Crippen LogP contribution in [0.2, 0.25) is 5.02 Å². The zero-order chi connectivity index (χ0) is 16.3. The molecule has 0 saturated heterocycles. The van der Waals surface area contributed by atoms with E-state index in [9.17, 15) is 4.79 Å². The van der Waals surface area contributed by atoms with Crippen LogP contribution < -0.4 is 10.1 Å². The normalized spacial score (nSPS) is 12.6. The maximum Gasteiger partial charge on any atom is 0.266 e. The summed E-state index contributed by atoms with van der Waals surface area (Å²) in [5, 5.41) is 4.54. The van der Waals surface area contributed by atoms with Crippen LogP contribution >= 0.6 is 22.9 Å². The van der Waals surface area contributed by atoms with Gasteiger partial charge in [-0.2, -0.15) is 0 Å². The summed E-state index contributed by atoms with van der Waals surface area (Å²) < 4.78 is 6.43. The Morgan fingerprint density at radius 1 is 1.41 bits per heavy atom. The minimum absolute atomic E-state index is 0.0268. The van der Waals surface area contributed by atoms with Gasteiger partial charge in [-0.25, -0.2) is 0 Å². The quantitative estimate of drug-likeness (QED) is 0.809. The zero-order valence-corrected chi connectivity index (χ0v) is 14.8. The minimum atomic E-state index is -0.117. The number of ether oxygens (including phenoxy) is 1. The highest BCUT2D eigenvalue weighted by Gasteiger charge is 2.22. The molecule has 0 saturated carbocycles. The first-order chi connectivity index (χ1) is 10.5. The second-order valence-electron chi connectivity index (χ2n) is 4.98. The molecule has 4 nitrogen and oxygen atoms in total. The van der Waals surface area contributed by atoms with Crippen LogP contribution in [0.5, 0.6) is 5.75 Å². The van der Waals surface area contributed by atoms with Crippen LogP contribution in [0.1, 0.15) is 30.4 Å². The van der Waals surface area contributed by atoms with E-state index in [-0.39, 0.29) is 12.1 Å². The van der Waals surface area contributed by atoms with Gasteiger partial charge in [0, 0.05) is 15.1 Å². The number of benzene rings is 1. The van der Waals surface area contributed by atoms with E-state index in [1.807, 2.05) is 25.1 Å². The van der Waals surface area contributed by atoms with Gasteiger partial charge in [-0.05, 0) is 38.2 Å². The highest BCUT2D eigenvalue weighted by Crippen LogP contribution is 2.38. The van der Waals surface area contributed by atoms with Gasteiger partial charge in [0.15, 0.2) is 0 Å². The Balaban J connectivity index is 2.31. The minimum Gasteiger partial charge on any atom is -0.494 e. The third-order valence-electron chi connectivity index (χ3n) is 3.71. The van der Waals surface area contributed by atoms with Crippen LogP contribution in [0, 0.1) is 0 Å². The van der Waals surface area contributed by atoms with Crippen molar-refractivity contribution in [3.63, 3.8) is 0 Å². The van der Waals surface area contributed by atoms with Crippen molar-refractivity contribution in [1.29, 1.82) is 0 Å². The number of hydrogen-bond acceptors (Lipinski definition) is 4. The van der Waals surface area contributed by atoms with E-state index >= 15 is 0 Å². The first-order valence-electron chi connectivity index (χ1n) is 7.32. The average molecular weight is 341 g/mol. The Morgan fingerprint density at radius 3 is 2.68 bits per heavy atom. The number of carbonyl (C=O) groups excluding carboxylic acids is 1. The maximum absolute atomic E-state index is 12.6. The summed E-state index contributed by atoms with van der Waals surface area (Å²) in [4.78, 5) is 15.3. The molecule has 1 N–H and O–H groups in total. The smallest absolute Gasteiger partial charge is 0.266 e. The molecular weight excluding hydrogens is 320 g/mol. The van der Waals surface area contributed by atoms with Crippen LogP contribution in [0.25, 0.3) is 10.1 Å². The van der Waals surface area contributed by atoms with Gasteiger partial charge in [0.25, 0.3) is 5.91 Å². The molecular formula is C16H21ClN2O2S. The van der Waals surface area contributed by atoms with Gasteiger partial charge < -0.3 is 10.1 Å². The lowest BCUT2D eigenvalue weighted by atomic mass is 10.2. The molecule has 2 aromatic rings. The molecule has 0 aliphatic carbocycles. The van der Waals surface area contributed by atoms with E-state index in [4.69, 9.17) is 16.3 Å². The highest BCUT2D eigenvalue weighted by atomic mass is 35.5. The molecule has 22 heavy (non-hydrogen) atoms. The predicted octanol–water partition coefficient (Wildman–Crippen LogP) is 3.98. The summed E-state index contributed by atoms with van der Waals surface area (Å²) in [6.45, 7) is 7.91. The maximum atomic E-state index is 12.6. The number of rotatable bonds is 6. The van der Waals surface area contributed by atoms with Crippen molar-refractivity contribution in [2.45, 2.75) is 26.9 Å². The van der Waals surface area contributed by atoms with E-state index in [0.717, 1.165) is 23.2 Å². The number of halogens is 1. The SMILES string of the molecule is CCN(CC)C(C)NC(=O)c1sc2ccc(Cl)cc2c1OC. The molecule has 6 heteroatoms. The van der Waals surface area contributed by atoms with Crippen LogP contribution in [0.3, 0.4) is 0 Å². The number of nitrogens with one attached hydrogen (secondary N) is 1. The Morgan fingerprint density at radius 2 is 2.09 bits per heavy atom. The molecule has 120 valence electrons. The van der Waals surface area contributed by atoms with Crippen molar-refractivity contribution in [3.8, 4) is 5.75 Å². The van der Waals surface area contributed by atoms with Crippen molar-refractivity contribution in [3.05, 3.63) is 28.1 Å². The summed E-state index contributed by atoms with van der Waals surface area (Å²) >= 11 is 7.46. The van der Waals surface area contributed by atoms with Gasteiger partial charge in [0.1, 0.15) is 10.6 Å². The molecule has 0 aliphatic heterocycles. The number of methoxy groups -OCH3 is 1. The van der Waals surface area contributed by atoms with Gasteiger partial charge in [0.2, 0.25) is 0 Å². The summed E-state index contributed by atoms with van der Waals surface area (Å²) in [5.74, 6) is 0.473. The van der Waals surface area contributed by atoms with E-state index < -0.39 is 0 Å². The van der Waals surface area contributed by atoms with Crippen molar-refractivity contribution < 1.29 is 9.53 Å². The molecule has 0 aliphatic rings. The molecule has 0 fully saturated rings.